The number of carbonyl (C=O) groups excluding carboxylic acids is 2. The topological polar surface area (TPSA) is 91.7 Å². The molecule has 2 rings (SSSR count). The van der Waals surface area contributed by atoms with E-state index in [1.165, 1.54) is 6.20 Å². The van der Waals surface area contributed by atoms with Crippen molar-refractivity contribution in [2.24, 2.45) is 5.92 Å². The molecule has 1 aromatic rings. The van der Waals surface area contributed by atoms with Crippen LogP contribution in [0.15, 0.2) is 36.0 Å². The molecule has 1 fully saturated rings. The molecule has 0 radical (unpaired) electrons. The van der Waals surface area contributed by atoms with Crippen LogP contribution >= 0.6 is 0 Å². The summed E-state index contributed by atoms with van der Waals surface area (Å²) >= 11 is 0. The predicted molar refractivity (Wildman–Crippen MR) is 101 cm³/mol. The Hall–Kier alpha value is -3.01. The van der Waals surface area contributed by atoms with E-state index in [4.69, 9.17) is 9.47 Å². The van der Waals surface area contributed by atoms with Crippen molar-refractivity contribution in [2.45, 2.75) is 26.7 Å². The van der Waals surface area contributed by atoms with Crippen LogP contribution in [0, 0.1) is 17.2 Å². The highest BCUT2D eigenvalue weighted by Crippen LogP contribution is 2.20. The second kappa shape index (κ2) is 10.2. The van der Waals surface area contributed by atoms with Gasteiger partial charge in [-0.05, 0) is 51.0 Å². The summed E-state index contributed by atoms with van der Waals surface area (Å²) < 4.78 is 10.4. The maximum absolute atomic E-state index is 12.6. The van der Waals surface area contributed by atoms with Gasteiger partial charge in [-0.3, -0.25) is 9.59 Å². The minimum Gasteiger partial charge on any atom is -0.494 e. The molecule has 1 N–H and O–H groups in total. The molecule has 0 saturated carbocycles. The number of benzene rings is 1. The Balaban J connectivity index is 1.92. The highest BCUT2D eigenvalue weighted by Gasteiger charge is 2.29. The van der Waals surface area contributed by atoms with Gasteiger partial charge in [-0.1, -0.05) is 0 Å². The van der Waals surface area contributed by atoms with Gasteiger partial charge in [-0.2, -0.15) is 5.26 Å². The lowest BCUT2D eigenvalue weighted by Gasteiger charge is -2.30. The third-order valence-corrected chi connectivity index (χ3v) is 4.30. The van der Waals surface area contributed by atoms with Gasteiger partial charge in [-0.15, -0.1) is 0 Å². The number of esters is 1. The van der Waals surface area contributed by atoms with Gasteiger partial charge in [0.15, 0.2) is 0 Å². The number of ether oxygens (including phenoxy) is 2. The van der Waals surface area contributed by atoms with E-state index < -0.39 is 0 Å². The van der Waals surface area contributed by atoms with E-state index in [2.05, 4.69) is 5.32 Å². The molecule has 1 saturated heterocycles. The van der Waals surface area contributed by atoms with Gasteiger partial charge >= 0.3 is 5.97 Å². The molecular formula is C20H25N3O4. The van der Waals surface area contributed by atoms with E-state index >= 15 is 0 Å². The Labute approximate surface area is 159 Å². The van der Waals surface area contributed by atoms with Crippen LogP contribution < -0.4 is 10.1 Å². The van der Waals surface area contributed by atoms with Crippen LogP contribution in [0.5, 0.6) is 5.75 Å². The number of nitriles is 1. The average Bonchev–Trinajstić information content (AvgIpc) is 2.70. The lowest BCUT2D eigenvalue weighted by atomic mass is 9.96. The van der Waals surface area contributed by atoms with Crippen molar-refractivity contribution >= 4 is 17.6 Å². The zero-order valence-corrected chi connectivity index (χ0v) is 15.7. The summed E-state index contributed by atoms with van der Waals surface area (Å²) in [6.45, 7) is 5.51. The molecule has 0 unspecified atom stereocenters. The van der Waals surface area contributed by atoms with Crippen LogP contribution in [-0.4, -0.2) is 43.1 Å². The molecular weight excluding hydrogens is 346 g/mol. The average molecular weight is 371 g/mol. The van der Waals surface area contributed by atoms with E-state index in [1.54, 1.807) is 11.8 Å². The number of nitrogens with zero attached hydrogens (tertiary/aromatic N) is 2. The predicted octanol–water partition coefficient (Wildman–Crippen LogP) is 2.71. The monoisotopic (exact) mass is 371 g/mol. The number of likely N-dealkylation sites (tertiary alicyclic amines) is 1. The largest absolute Gasteiger partial charge is 0.494 e. The summed E-state index contributed by atoms with van der Waals surface area (Å²) in [5.41, 5.74) is 0.776. The van der Waals surface area contributed by atoms with Gasteiger partial charge in [0.25, 0.3) is 5.91 Å². The number of amides is 1. The second-order valence-electron chi connectivity index (χ2n) is 6.09. The zero-order chi connectivity index (χ0) is 19.6. The van der Waals surface area contributed by atoms with Crippen molar-refractivity contribution in [3.63, 3.8) is 0 Å². The first-order chi connectivity index (χ1) is 13.1. The van der Waals surface area contributed by atoms with E-state index in [1.807, 2.05) is 37.3 Å². The maximum Gasteiger partial charge on any atom is 0.309 e. The first-order valence-corrected chi connectivity index (χ1v) is 9.14. The molecule has 0 bridgehead atoms. The highest BCUT2D eigenvalue weighted by atomic mass is 16.5. The van der Waals surface area contributed by atoms with Crippen LogP contribution in [-0.2, 0) is 14.3 Å². The second-order valence-corrected chi connectivity index (χ2v) is 6.09. The summed E-state index contributed by atoms with van der Waals surface area (Å²) in [7, 11) is 0. The Morgan fingerprint density at radius 2 is 1.89 bits per heavy atom. The fourth-order valence-electron chi connectivity index (χ4n) is 2.86. The SMILES string of the molecule is CCOC(=O)C1CCN(C(=O)/C(C#N)=C\Nc2ccc(OCC)cc2)CC1. The van der Waals surface area contributed by atoms with Gasteiger partial charge in [0.2, 0.25) is 0 Å². The van der Waals surface area contributed by atoms with Gasteiger partial charge in [0, 0.05) is 25.0 Å². The summed E-state index contributed by atoms with van der Waals surface area (Å²) in [5.74, 6) is 0.0367. The molecule has 1 aliphatic rings. The third-order valence-electron chi connectivity index (χ3n) is 4.30. The van der Waals surface area contributed by atoms with Crippen LogP contribution in [0.3, 0.4) is 0 Å². The lowest BCUT2D eigenvalue weighted by molar-refractivity contribution is -0.150. The lowest BCUT2D eigenvalue weighted by Crippen LogP contribution is -2.41. The molecule has 27 heavy (non-hydrogen) atoms. The molecule has 7 nitrogen and oxygen atoms in total. The van der Waals surface area contributed by atoms with E-state index in [9.17, 15) is 14.9 Å². The summed E-state index contributed by atoms with van der Waals surface area (Å²) in [6.07, 6.45) is 2.51. The van der Waals surface area contributed by atoms with Crippen LogP contribution in [0.4, 0.5) is 5.69 Å². The molecule has 1 amide bonds. The maximum atomic E-state index is 12.6. The number of piperidine rings is 1. The Morgan fingerprint density at radius 3 is 2.44 bits per heavy atom. The van der Waals surface area contributed by atoms with Crippen molar-refractivity contribution in [2.75, 3.05) is 31.6 Å². The molecule has 144 valence electrons. The van der Waals surface area contributed by atoms with Gasteiger partial charge < -0.3 is 19.7 Å². The molecule has 0 aliphatic carbocycles. The van der Waals surface area contributed by atoms with Crippen molar-refractivity contribution in [3.05, 3.63) is 36.0 Å². The summed E-state index contributed by atoms with van der Waals surface area (Å²) in [6, 6.07) is 9.20. The Kier molecular flexibility index (Phi) is 7.68. The van der Waals surface area contributed by atoms with Gasteiger partial charge in [-0.25, -0.2) is 0 Å². The van der Waals surface area contributed by atoms with Gasteiger partial charge in [0.05, 0.1) is 19.1 Å². The number of carbonyl (C=O) groups is 2. The van der Waals surface area contributed by atoms with Crippen molar-refractivity contribution < 1.29 is 19.1 Å². The normalized spacial score (nSPS) is 15.0. The van der Waals surface area contributed by atoms with Crippen molar-refractivity contribution in [1.29, 1.82) is 5.26 Å². The molecule has 7 heteroatoms. The van der Waals surface area contributed by atoms with Crippen LogP contribution in [0.1, 0.15) is 26.7 Å². The number of anilines is 1. The van der Waals surface area contributed by atoms with Crippen LogP contribution in [0.25, 0.3) is 0 Å². The molecule has 1 heterocycles. The van der Waals surface area contributed by atoms with Crippen molar-refractivity contribution in [1.82, 2.24) is 4.90 Å². The minimum atomic E-state index is -0.335. The van der Waals surface area contributed by atoms with E-state index in [0.29, 0.717) is 39.1 Å². The third kappa shape index (κ3) is 5.74. The number of rotatable bonds is 7. The fourth-order valence-corrected chi connectivity index (χ4v) is 2.86. The molecule has 0 aromatic heterocycles. The molecule has 0 atom stereocenters. The number of nitrogens with one attached hydrogen (secondary N) is 1. The smallest absolute Gasteiger partial charge is 0.309 e. The van der Waals surface area contributed by atoms with Crippen molar-refractivity contribution in [3.8, 4) is 11.8 Å². The molecule has 0 spiro atoms. The van der Waals surface area contributed by atoms with Crippen LogP contribution in [0.2, 0.25) is 0 Å². The first-order valence-electron chi connectivity index (χ1n) is 9.14. The molecule has 1 aliphatic heterocycles. The highest BCUT2D eigenvalue weighted by molar-refractivity contribution is 5.97. The quantitative estimate of drug-likeness (QED) is 0.450. The Morgan fingerprint density at radius 1 is 1.22 bits per heavy atom. The van der Waals surface area contributed by atoms with E-state index in [0.717, 1.165) is 11.4 Å². The standard InChI is InChI=1S/C20H25N3O4/c1-3-26-18-7-5-17(6-8-18)22-14-16(13-21)19(24)23-11-9-15(10-12-23)20(25)27-4-2/h5-8,14-15,22H,3-4,9-12H2,1-2H3/b16-14-. The fraction of sp³-hybridized carbons (Fsp3) is 0.450. The number of hydrogen-bond acceptors (Lipinski definition) is 6. The zero-order valence-electron chi connectivity index (χ0n) is 15.7. The Bertz CT molecular complexity index is 714. The molecule has 1 aromatic carbocycles. The summed E-state index contributed by atoms with van der Waals surface area (Å²) in [4.78, 5) is 25.9. The van der Waals surface area contributed by atoms with E-state index in [-0.39, 0.29) is 23.4 Å². The van der Waals surface area contributed by atoms with Gasteiger partial charge in [0.1, 0.15) is 17.4 Å². The first kappa shape index (κ1) is 20.3. The minimum absolute atomic E-state index is 0.0264. The summed E-state index contributed by atoms with van der Waals surface area (Å²) in [5, 5.41) is 12.3. The number of hydrogen-bond donors (Lipinski definition) is 1.